The van der Waals surface area contributed by atoms with Crippen molar-refractivity contribution in [3.63, 3.8) is 0 Å². The lowest BCUT2D eigenvalue weighted by Crippen LogP contribution is -2.32. The minimum absolute atomic E-state index is 0.127. The molecule has 1 aromatic heterocycles. The molecule has 8 aliphatic carbocycles. The van der Waals surface area contributed by atoms with Gasteiger partial charge >= 0.3 is 0 Å². The first-order valence-corrected chi connectivity index (χ1v) is 34.7. The molecule has 0 saturated carbocycles. The van der Waals surface area contributed by atoms with Crippen molar-refractivity contribution in [3.05, 3.63) is 333 Å². The molecule has 0 aliphatic heterocycles. The standard InChI is InChI=1S/C89H88N2O/c1-5-63-29-33-65(34-30-63)69-37-38-71-56-79(48-41-70(71)55-69)92-60-61(3)20-18-19-53-89(74-23-12-8-13-24-74)85-28-17-16-27-81(85)82-50-47-78(59-86(82)89)90(77-46-49-80(62(4)54-77)68-21-10-7-11-22-68)76-44-39-67(40-45-76)73-43-52-88-84(58-73)83-57-72(66-35-31-64(6-2)32-36-66)42-51-87(83)91(88)75-25-14-9-15-26-75/h5-15,17,21-26,28-31,33-35,37-42,44-45,47-48,51,54,57-59,61-62,69,79-80,82H,1-2,16,18-20,27,32,36,43,46,49-50,52-53,55-56,60H2,3-4H3. The van der Waals surface area contributed by atoms with Gasteiger partial charge in [0.15, 0.2) is 0 Å². The number of para-hydroxylation sites is 1. The second kappa shape index (κ2) is 26.1. The van der Waals surface area contributed by atoms with Gasteiger partial charge in [-0.2, -0.15) is 0 Å². The molecule has 15 rings (SSSR count). The van der Waals surface area contributed by atoms with Crippen LogP contribution in [0.2, 0.25) is 0 Å². The number of hydrogen-bond acceptors (Lipinski definition) is 2. The van der Waals surface area contributed by atoms with E-state index in [1.807, 2.05) is 12.2 Å². The lowest BCUT2D eigenvalue weighted by atomic mass is 9.66. The van der Waals surface area contributed by atoms with Crippen LogP contribution >= 0.6 is 0 Å². The van der Waals surface area contributed by atoms with Crippen molar-refractivity contribution >= 4 is 39.9 Å². The topological polar surface area (TPSA) is 17.4 Å². The predicted molar refractivity (Wildman–Crippen MR) is 389 cm³/mol. The third-order valence-corrected chi connectivity index (χ3v) is 22.1. The van der Waals surface area contributed by atoms with E-state index in [2.05, 4.69) is 267 Å². The van der Waals surface area contributed by atoms with Crippen molar-refractivity contribution in [1.82, 2.24) is 4.57 Å². The van der Waals surface area contributed by atoms with E-state index in [0.29, 0.717) is 29.6 Å². The molecule has 7 unspecified atom stereocenters. The fourth-order valence-corrected chi connectivity index (χ4v) is 17.2. The van der Waals surface area contributed by atoms with Gasteiger partial charge in [0.25, 0.3) is 0 Å². The van der Waals surface area contributed by atoms with Gasteiger partial charge in [-0.3, -0.25) is 0 Å². The fourth-order valence-electron chi connectivity index (χ4n) is 17.2. The number of rotatable bonds is 19. The Hall–Kier alpha value is -8.76. The zero-order valence-electron chi connectivity index (χ0n) is 54.1. The van der Waals surface area contributed by atoms with E-state index in [0.717, 1.165) is 96.5 Å². The highest BCUT2D eigenvalue weighted by molar-refractivity contribution is 6.00. The molecule has 460 valence electrons. The average Bonchev–Trinajstić information content (AvgIpc) is 1.55. The van der Waals surface area contributed by atoms with Crippen LogP contribution in [0.1, 0.15) is 160 Å². The highest BCUT2D eigenvalue weighted by Gasteiger charge is 2.50. The molecule has 0 fully saturated rings. The van der Waals surface area contributed by atoms with Crippen LogP contribution in [0.4, 0.5) is 5.69 Å². The van der Waals surface area contributed by atoms with Crippen LogP contribution in [0, 0.1) is 17.8 Å². The highest BCUT2D eigenvalue weighted by atomic mass is 16.5. The summed E-state index contributed by atoms with van der Waals surface area (Å²) in [4.78, 5) is 2.69. The van der Waals surface area contributed by atoms with E-state index in [4.69, 9.17) is 4.74 Å². The summed E-state index contributed by atoms with van der Waals surface area (Å²) in [6.07, 6.45) is 49.6. The van der Waals surface area contributed by atoms with Crippen molar-refractivity contribution in [2.24, 2.45) is 17.8 Å². The maximum atomic E-state index is 6.74. The van der Waals surface area contributed by atoms with E-state index in [1.54, 1.807) is 16.7 Å². The van der Waals surface area contributed by atoms with E-state index in [9.17, 15) is 0 Å². The SMILES string of the molecule is C=CC1=CC=C(c2ccc3c(c2)c2c(n3-c3ccccc3)CCC(c3ccc(N(C4=CCC5C(=C4)C(CCCCC(C)COC4C=CC6=C(C=CC(c7ccc(C=C)cc7)C6)C4)(c4ccccc4)C4=C5CCC=C4)C4=CC(C)C(c5ccccc5)CC4)cc3)=C2)CC1. The Morgan fingerprint density at radius 1 is 0.696 bits per heavy atom. The van der Waals surface area contributed by atoms with Crippen LogP contribution in [-0.4, -0.2) is 17.3 Å². The molecule has 3 nitrogen and oxygen atoms in total. The van der Waals surface area contributed by atoms with Crippen LogP contribution in [0.3, 0.4) is 0 Å². The summed E-state index contributed by atoms with van der Waals surface area (Å²) >= 11 is 0. The quantitative estimate of drug-likeness (QED) is 0.0751. The number of fused-ring (bicyclic) bond motifs is 5. The van der Waals surface area contributed by atoms with Crippen LogP contribution in [0.25, 0.3) is 39.9 Å². The zero-order valence-corrected chi connectivity index (χ0v) is 54.1. The first kappa shape index (κ1) is 59.5. The Bertz CT molecular complexity index is 4310. The number of ether oxygens (including phenoxy) is 1. The molecule has 7 atom stereocenters. The molecule has 0 amide bonds. The van der Waals surface area contributed by atoms with Crippen molar-refractivity contribution in [1.29, 1.82) is 0 Å². The number of benzene rings is 6. The summed E-state index contributed by atoms with van der Waals surface area (Å²) in [7, 11) is 0. The molecule has 0 bridgehead atoms. The Morgan fingerprint density at radius 2 is 1.46 bits per heavy atom. The van der Waals surface area contributed by atoms with Gasteiger partial charge in [0.2, 0.25) is 0 Å². The van der Waals surface area contributed by atoms with Crippen LogP contribution < -0.4 is 4.90 Å². The van der Waals surface area contributed by atoms with Gasteiger partial charge in [0.05, 0.1) is 11.6 Å². The Morgan fingerprint density at radius 3 is 2.23 bits per heavy atom. The smallest absolute Gasteiger partial charge is 0.0799 e. The molecule has 0 spiro atoms. The number of unbranched alkanes of at least 4 members (excludes halogenated alkanes) is 1. The third kappa shape index (κ3) is 11.5. The molecule has 1 heterocycles. The van der Waals surface area contributed by atoms with E-state index >= 15 is 0 Å². The maximum absolute atomic E-state index is 6.74. The molecule has 7 aromatic rings. The van der Waals surface area contributed by atoms with E-state index in [-0.39, 0.29) is 11.5 Å². The third-order valence-electron chi connectivity index (χ3n) is 22.1. The summed E-state index contributed by atoms with van der Waals surface area (Å²) in [6, 6.07) is 59.8. The van der Waals surface area contributed by atoms with E-state index in [1.165, 1.54) is 113 Å². The summed E-state index contributed by atoms with van der Waals surface area (Å²) in [6.45, 7) is 13.6. The second-order valence-corrected chi connectivity index (χ2v) is 27.6. The fraction of sp³-hybridized carbons (Fsp3) is 0.281. The molecular formula is C89H88N2O. The number of aromatic nitrogens is 1. The molecule has 6 aromatic carbocycles. The van der Waals surface area contributed by atoms with Gasteiger partial charge in [-0.25, -0.2) is 0 Å². The second-order valence-electron chi connectivity index (χ2n) is 27.6. The normalized spacial score (nSPS) is 23.5. The number of hydrogen-bond donors (Lipinski definition) is 0. The molecule has 3 heteroatoms. The largest absolute Gasteiger partial charge is 0.374 e. The minimum Gasteiger partial charge on any atom is -0.374 e. The van der Waals surface area contributed by atoms with Crippen molar-refractivity contribution < 1.29 is 4.74 Å². The van der Waals surface area contributed by atoms with Gasteiger partial charge in [0.1, 0.15) is 0 Å². The maximum Gasteiger partial charge on any atom is 0.0799 e. The zero-order chi connectivity index (χ0) is 62.1. The highest BCUT2D eigenvalue weighted by Crippen LogP contribution is 2.60. The monoisotopic (exact) mass is 1200 g/mol. The minimum atomic E-state index is -0.199. The van der Waals surface area contributed by atoms with Crippen molar-refractivity contribution in [2.75, 3.05) is 11.5 Å². The van der Waals surface area contributed by atoms with Gasteiger partial charge in [0, 0.05) is 69.7 Å². The lowest BCUT2D eigenvalue weighted by Gasteiger charge is -2.40. The number of allylic oxidation sites excluding steroid dienone is 19. The number of nitrogens with zero attached hydrogens (tertiary/aromatic N) is 2. The summed E-state index contributed by atoms with van der Waals surface area (Å²) in [5.41, 5.74) is 29.0. The molecule has 0 radical (unpaired) electrons. The summed E-state index contributed by atoms with van der Waals surface area (Å²) in [5, 5.41) is 1.33. The van der Waals surface area contributed by atoms with Crippen molar-refractivity contribution in [3.8, 4) is 5.69 Å². The molecule has 0 N–H and O–H groups in total. The van der Waals surface area contributed by atoms with E-state index < -0.39 is 0 Å². The Kier molecular flexibility index (Phi) is 16.9. The average molecular weight is 1200 g/mol. The molecule has 8 aliphatic rings. The summed E-state index contributed by atoms with van der Waals surface area (Å²) in [5.74, 6) is 2.17. The van der Waals surface area contributed by atoms with Crippen LogP contribution in [-0.2, 0) is 16.6 Å². The number of anilines is 1. The predicted octanol–water partition coefficient (Wildman–Crippen LogP) is 23.0. The van der Waals surface area contributed by atoms with Gasteiger partial charge in [-0.15, -0.1) is 0 Å². The molecular weight excluding hydrogens is 1110 g/mol. The Balaban J connectivity index is 0.714. The van der Waals surface area contributed by atoms with Gasteiger partial charge < -0.3 is 14.2 Å². The van der Waals surface area contributed by atoms with Gasteiger partial charge in [-0.1, -0.05) is 240 Å². The van der Waals surface area contributed by atoms with Crippen LogP contribution in [0.15, 0.2) is 289 Å². The Labute approximate surface area is 547 Å². The van der Waals surface area contributed by atoms with Crippen LogP contribution in [0.5, 0.6) is 0 Å². The molecule has 92 heavy (non-hydrogen) atoms. The van der Waals surface area contributed by atoms with Crippen molar-refractivity contribution in [2.45, 2.75) is 134 Å². The molecule has 0 saturated heterocycles. The lowest BCUT2D eigenvalue weighted by molar-refractivity contribution is 0.0580. The van der Waals surface area contributed by atoms with Gasteiger partial charge in [-0.05, 0) is 216 Å². The summed E-state index contributed by atoms with van der Waals surface area (Å²) < 4.78 is 9.27. The first-order valence-electron chi connectivity index (χ1n) is 34.7. The first-order chi connectivity index (χ1) is 45.3.